The summed E-state index contributed by atoms with van der Waals surface area (Å²) in [6.07, 6.45) is -2.72. The number of anilines is 1. The first-order valence-electron chi connectivity index (χ1n) is 14.2. The Kier molecular flexibility index (Phi) is 8.01. The number of halogens is 3. The Balaban J connectivity index is 1.34. The van der Waals surface area contributed by atoms with Crippen molar-refractivity contribution in [3.63, 3.8) is 0 Å². The highest BCUT2D eigenvalue weighted by molar-refractivity contribution is 6.05. The molecule has 1 atom stereocenters. The molecular weight excluding hydrogens is 565 g/mol. The predicted octanol–water partition coefficient (Wildman–Crippen LogP) is 8.20. The zero-order valence-corrected chi connectivity index (χ0v) is 23.5. The van der Waals surface area contributed by atoms with Crippen LogP contribution in [0.15, 0.2) is 109 Å². The number of aromatic nitrogens is 2. The van der Waals surface area contributed by atoms with Gasteiger partial charge in [0, 0.05) is 17.3 Å². The van der Waals surface area contributed by atoms with Crippen molar-refractivity contribution >= 4 is 11.6 Å². The van der Waals surface area contributed by atoms with E-state index in [1.165, 1.54) is 37.1 Å². The zero-order chi connectivity index (χ0) is 30.7. The molecule has 1 fully saturated rings. The minimum absolute atomic E-state index is 0.156. The van der Waals surface area contributed by atoms with E-state index in [2.05, 4.69) is 10.4 Å². The van der Waals surface area contributed by atoms with Crippen LogP contribution in [0.2, 0.25) is 0 Å². The molecule has 220 valence electrons. The van der Waals surface area contributed by atoms with E-state index < -0.39 is 17.8 Å². The lowest BCUT2D eigenvalue weighted by Gasteiger charge is -2.20. The molecule has 1 aliphatic carbocycles. The lowest BCUT2D eigenvalue weighted by molar-refractivity contribution is -0.141. The normalized spacial score (nSPS) is 13.7. The number of rotatable bonds is 9. The van der Waals surface area contributed by atoms with Crippen LogP contribution in [0.25, 0.3) is 16.8 Å². The van der Waals surface area contributed by atoms with Crippen LogP contribution in [0.5, 0.6) is 0 Å². The number of hydrogen-bond acceptors (Lipinski definition) is 4. The van der Waals surface area contributed by atoms with Gasteiger partial charge in [-0.25, -0.2) is 4.68 Å². The Morgan fingerprint density at radius 2 is 1.66 bits per heavy atom. The number of ether oxygens (including phenoxy) is 1. The molecule has 6 rings (SSSR count). The summed E-state index contributed by atoms with van der Waals surface area (Å²) in [5, 5.41) is 15.8. The summed E-state index contributed by atoms with van der Waals surface area (Å²) >= 11 is 0. The molecule has 1 saturated carbocycles. The molecule has 0 radical (unpaired) electrons. The van der Waals surface area contributed by atoms with Gasteiger partial charge in [0.2, 0.25) is 0 Å². The SMILES string of the molecule is N#Cc1cccc(-n2nc(C(F)(F)F)cc2C(=O)Nc2ccccc2-c2cccc(C(OCC3CC3)c3ccccc3)c2)c1. The molecule has 9 heteroatoms. The summed E-state index contributed by atoms with van der Waals surface area (Å²) in [6.45, 7) is 0.668. The van der Waals surface area contributed by atoms with Gasteiger partial charge in [0.25, 0.3) is 5.91 Å². The molecule has 0 bridgehead atoms. The van der Waals surface area contributed by atoms with Crippen molar-refractivity contribution in [2.45, 2.75) is 25.1 Å². The summed E-state index contributed by atoms with van der Waals surface area (Å²) in [7, 11) is 0. The largest absolute Gasteiger partial charge is 0.435 e. The van der Waals surface area contributed by atoms with Gasteiger partial charge >= 0.3 is 6.18 Å². The van der Waals surface area contributed by atoms with Gasteiger partial charge in [0.1, 0.15) is 11.8 Å². The van der Waals surface area contributed by atoms with Crippen LogP contribution in [0, 0.1) is 17.2 Å². The maximum absolute atomic E-state index is 13.7. The molecule has 0 spiro atoms. The molecule has 0 saturated heterocycles. The number of nitriles is 1. The van der Waals surface area contributed by atoms with Crippen molar-refractivity contribution < 1.29 is 22.7 Å². The molecule has 1 amide bonds. The number of benzene rings is 4. The molecule has 1 aliphatic rings. The fourth-order valence-electron chi connectivity index (χ4n) is 5.01. The van der Waals surface area contributed by atoms with Crippen molar-refractivity contribution in [1.29, 1.82) is 5.26 Å². The van der Waals surface area contributed by atoms with Crippen molar-refractivity contribution in [3.8, 4) is 22.9 Å². The Morgan fingerprint density at radius 3 is 2.41 bits per heavy atom. The third kappa shape index (κ3) is 6.41. The molecule has 1 N–H and O–H groups in total. The summed E-state index contributed by atoms with van der Waals surface area (Å²) in [6, 6.07) is 33.5. The number of nitrogens with zero attached hydrogens (tertiary/aromatic N) is 3. The van der Waals surface area contributed by atoms with Gasteiger partial charge in [0.15, 0.2) is 5.69 Å². The van der Waals surface area contributed by atoms with Gasteiger partial charge in [-0.05, 0) is 65.8 Å². The van der Waals surface area contributed by atoms with Crippen LogP contribution in [0.1, 0.15) is 51.8 Å². The highest BCUT2D eigenvalue weighted by Crippen LogP contribution is 2.36. The van der Waals surface area contributed by atoms with E-state index in [-0.39, 0.29) is 23.0 Å². The number of nitrogens with one attached hydrogen (secondary N) is 1. The molecule has 4 aromatic carbocycles. The van der Waals surface area contributed by atoms with Crippen LogP contribution in [0.4, 0.5) is 18.9 Å². The highest BCUT2D eigenvalue weighted by Gasteiger charge is 2.36. The second kappa shape index (κ2) is 12.2. The van der Waals surface area contributed by atoms with Crippen molar-refractivity contribution in [2.24, 2.45) is 5.92 Å². The first-order valence-corrected chi connectivity index (χ1v) is 14.2. The monoisotopic (exact) mass is 592 g/mol. The molecule has 5 aromatic rings. The number of hydrogen-bond donors (Lipinski definition) is 1. The van der Waals surface area contributed by atoms with E-state index in [0.717, 1.165) is 21.4 Å². The molecule has 1 unspecified atom stereocenters. The first-order chi connectivity index (χ1) is 21.3. The molecule has 6 nitrogen and oxygen atoms in total. The molecule has 1 heterocycles. The topological polar surface area (TPSA) is 79.9 Å². The minimum Gasteiger partial charge on any atom is -0.369 e. The van der Waals surface area contributed by atoms with E-state index in [1.807, 2.05) is 72.8 Å². The Bertz CT molecular complexity index is 1840. The number of carbonyl (C=O) groups is 1. The smallest absolute Gasteiger partial charge is 0.369 e. The lowest BCUT2D eigenvalue weighted by atomic mass is 9.96. The van der Waals surface area contributed by atoms with Gasteiger partial charge in [-0.3, -0.25) is 4.79 Å². The fraction of sp³-hybridized carbons (Fsp3) is 0.171. The number of amides is 1. The average molecular weight is 593 g/mol. The van der Waals surface area contributed by atoms with Crippen LogP contribution in [0.3, 0.4) is 0 Å². The summed E-state index contributed by atoms with van der Waals surface area (Å²) in [5.41, 5.74) is 2.71. The second-order valence-electron chi connectivity index (χ2n) is 10.7. The molecule has 44 heavy (non-hydrogen) atoms. The number of para-hydroxylation sites is 1. The van der Waals surface area contributed by atoms with Gasteiger partial charge in [0.05, 0.1) is 23.9 Å². The standard InChI is InChI=1S/C35H27F3N4O2/c36-35(37,38)32-20-31(42(41-32)28-13-6-8-24(18-28)21-39)34(43)40-30-15-5-4-14-29(30)26-11-7-12-27(19-26)33(44-22-23-16-17-23)25-9-2-1-3-10-25/h1-15,18-20,23,33H,16-17,22H2,(H,40,43). The summed E-state index contributed by atoms with van der Waals surface area (Å²) in [4.78, 5) is 13.6. The number of carbonyl (C=O) groups excluding carboxylic acids is 1. The summed E-state index contributed by atoms with van der Waals surface area (Å²) in [5.74, 6) is -0.206. The maximum Gasteiger partial charge on any atom is 0.435 e. The first kappa shape index (κ1) is 28.9. The summed E-state index contributed by atoms with van der Waals surface area (Å²) < 4.78 is 48.3. The van der Waals surface area contributed by atoms with Crippen molar-refractivity contribution in [3.05, 3.63) is 137 Å². The van der Waals surface area contributed by atoms with Gasteiger partial charge in [-0.15, -0.1) is 0 Å². The molecule has 0 aliphatic heterocycles. The van der Waals surface area contributed by atoms with Crippen molar-refractivity contribution in [1.82, 2.24) is 9.78 Å². The Hall–Kier alpha value is -5.20. The van der Waals surface area contributed by atoms with Crippen LogP contribution in [-0.2, 0) is 10.9 Å². The van der Waals surface area contributed by atoms with Crippen LogP contribution in [-0.4, -0.2) is 22.3 Å². The van der Waals surface area contributed by atoms with E-state index >= 15 is 0 Å². The quantitative estimate of drug-likeness (QED) is 0.187. The highest BCUT2D eigenvalue weighted by atomic mass is 19.4. The van der Waals surface area contributed by atoms with Gasteiger partial charge in [-0.2, -0.15) is 23.5 Å². The minimum atomic E-state index is -4.78. The van der Waals surface area contributed by atoms with E-state index in [1.54, 1.807) is 12.1 Å². The van der Waals surface area contributed by atoms with Crippen molar-refractivity contribution in [2.75, 3.05) is 11.9 Å². The van der Waals surface area contributed by atoms with Crippen LogP contribution < -0.4 is 5.32 Å². The third-order valence-electron chi connectivity index (χ3n) is 7.43. The fourth-order valence-corrected chi connectivity index (χ4v) is 5.01. The Labute approximate surface area is 252 Å². The van der Waals surface area contributed by atoms with E-state index in [9.17, 15) is 23.2 Å². The predicted molar refractivity (Wildman–Crippen MR) is 160 cm³/mol. The van der Waals surface area contributed by atoms with Crippen LogP contribution >= 0.6 is 0 Å². The number of alkyl halides is 3. The Morgan fingerprint density at radius 1 is 0.932 bits per heavy atom. The molecular formula is C35H27F3N4O2. The third-order valence-corrected chi connectivity index (χ3v) is 7.43. The van der Waals surface area contributed by atoms with Gasteiger partial charge < -0.3 is 10.1 Å². The van der Waals surface area contributed by atoms with E-state index in [0.29, 0.717) is 29.8 Å². The maximum atomic E-state index is 13.7. The van der Waals surface area contributed by atoms with E-state index in [4.69, 9.17) is 4.74 Å². The lowest BCUT2D eigenvalue weighted by Crippen LogP contribution is -2.17. The second-order valence-corrected chi connectivity index (χ2v) is 10.7. The zero-order valence-electron chi connectivity index (χ0n) is 23.5. The molecule has 1 aromatic heterocycles. The average Bonchev–Trinajstić information content (AvgIpc) is 3.75. The van der Waals surface area contributed by atoms with Gasteiger partial charge in [-0.1, -0.05) is 72.8 Å².